The van der Waals surface area contributed by atoms with E-state index in [2.05, 4.69) is 4.98 Å². The maximum atomic E-state index is 13.2. The lowest BCUT2D eigenvalue weighted by molar-refractivity contribution is -0.154. The number of carbonyl (C=O) groups is 2. The van der Waals surface area contributed by atoms with Crippen LogP contribution in [0.5, 0.6) is 0 Å². The predicted octanol–water partition coefficient (Wildman–Crippen LogP) is 4.48. The zero-order chi connectivity index (χ0) is 28.6. The van der Waals surface area contributed by atoms with Gasteiger partial charge < -0.3 is 19.7 Å². The zero-order valence-corrected chi connectivity index (χ0v) is 22.4. The van der Waals surface area contributed by atoms with E-state index in [1.54, 1.807) is 39.2 Å². The molecule has 2 aliphatic rings. The van der Waals surface area contributed by atoms with Crippen molar-refractivity contribution in [2.75, 3.05) is 0 Å². The molecule has 2 fully saturated rings. The van der Waals surface area contributed by atoms with Crippen molar-refractivity contribution >= 4 is 29.2 Å². The SMILES string of the molecule is [2H]C([2H])([2H])c1nc(/C=C(\C)[C@@H]2C[C@@H]3O[C@]3(C)CCC[C@H](C)[C@H](O)[C@@H](C)C(=O)C(C)(C)[C@@H](O)CC(=O)O2)cs1. The van der Waals surface area contributed by atoms with Gasteiger partial charge in [-0.3, -0.25) is 9.59 Å². The van der Waals surface area contributed by atoms with Gasteiger partial charge in [-0.05, 0) is 51.1 Å². The van der Waals surface area contributed by atoms with Crippen molar-refractivity contribution in [3.63, 3.8) is 0 Å². The Morgan fingerprint density at radius 1 is 1.29 bits per heavy atom. The number of thiazole rings is 1. The molecule has 0 saturated carbocycles. The number of hydrogen-bond donors (Lipinski definition) is 2. The van der Waals surface area contributed by atoms with Crippen molar-refractivity contribution in [3.05, 3.63) is 21.7 Å². The number of carbonyl (C=O) groups excluding carboxylic acids is 2. The molecule has 1 aromatic rings. The van der Waals surface area contributed by atoms with Crippen LogP contribution in [0.25, 0.3) is 6.08 Å². The Balaban J connectivity index is 1.87. The van der Waals surface area contributed by atoms with Crippen LogP contribution >= 0.6 is 11.3 Å². The largest absolute Gasteiger partial charge is 0.458 e. The van der Waals surface area contributed by atoms with Gasteiger partial charge in [0.2, 0.25) is 0 Å². The van der Waals surface area contributed by atoms with Gasteiger partial charge in [0.1, 0.15) is 11.9 Å². The standard InChI is InChI=1S/C27H41NO6S/c1-15-9-8-10-27(7)22(34-27)12-20(16(2)11-19-14-35-18(4)28-19)33-23(30)13-21(29)26(5,6)25(32)17(3)24(15)31/h11,14-15,17,20-22,24,29,31H,8-10,12-13H2,1-7H3/b16-11+/t15-,17+,20-,21-,22-,24-,27+/m0/s1/i4D3. The normalized spacial score (nSPS) is 39.1. The van der Waals surface area contributed by atoms with Gasteiger partial charge in [-0.25, -0.2) is 4.98 Å². The van der Waals surface area contributed by atoms with E-state index < -0.39 is 42.5 Å². The number of cyclic esters (lactones) is 1. The molecule has 0 unspecified atom stereocenters. The molecule has 7 atom stereocenters. The second-order valence-corrected chi connectivity index (χ2v) is 11.9. The Kier molecular flexibility index (Phi) is 7.33. The quantitative estimate of drug-likeness (QED) is 0.446. The number of epoxide rings is 1. The molecule has 2 N–H and O–H groups in total. The number of fused-ring (bicyclic) bond motifs is 1. The van der Waals surface area contributed by atoms with Crippen LogP contribution in [0.4, 0.5) is 0 Å². The Bertz CT molecular complexity index is 1050. The summed E-state index contributed by atoms with van der Waals surface area (Å²) in [5, 5.41) is 23.4. The molecule has 2 saturated heterocycles. The Hall–Kier alpha value is -1.61. The molecular formula is C27H41NO6S. The molecule has 35 heavy (non-hydrogen) atoms. The summed E-state index contributed by atoms with van der Waals surface area (Å²) in [5.74, 6) is -1.78. The first kappa shape index (κ1) is 23.8. The number of ether oxygens (including phenoxy) is 2. The minimum absolute atomic E-state index is 0.0354. The first-order chi connectivity index (χ1) is 17.5. The molecule has 0 aliphatic carbocycles. The number of aromatic nitrogens is 1. The van der Waals surface area contributed by atoms with Gasteiger partial charge >= 0.3 is 5.97 Å². The van der Waals surface area contributed by atoms with E-state index >= 15 is 0 Å². The average Bonchev–Trinajstić information content (AvgIpc) is 3.20. The molecule has 7 nitrogen and oxygen atoms in total. The van der Waals surface area contributed by atoms with Crippen molar-refractivity contribution in [1.29, 1.82) is 0 Å². The molecule has 8 heteroatoms. The zero-order valence-electron chi connectivity index (χ0n) is 24.5. The summed E-state index contributed by atoms with van der Waals surface area (Å²) in [6.45, 7) is 8.27. The van der Waals surface area contributed by atoms with Gasteiger partial charge in [0.05, 0.1) is 46.5 Å². The average molecular weight is 511 g/mol. The number of nitrogens with zero attached hydrogens (tertiary/aromatic N) is 1. The van der Waals surface area contributed by atoms with Gasteiger partial charge in [-0.2, -0.15) is 0 Å². The topological polar surface area (TPSA) is 109 Å². The number of ketones is 1. The molecule has 2 aliphatic heterocycles. The fraction of sp³-hybridized carbons (Fsp3) is 0.741. The summed E-state index contributed by atoms with van der Waals surface area (Å²) in [5.41, 5.74) is -0.504. The highest BCUT2D eigenvalue weighted by molar-refractivity contribution is 7.09. The highest BCUT2D eigenvalue weighted by Crippen LogP contribution is 2.45. The van der Waals surface area contributed by atoms with E-state index in [1.807, 2.05) is 13.8 Å². The number of aliphatic hydroxyl groups excluding tert-OH is 2. The van der Waals surface area contributed by atoms with E-state index in [0.29, 0.717) is 17.7 Å². The molecule has 0 aromatic carbocycles. The van der Waals surface area contributed by atoms with Gasteiger partial charge in [-0.15, -0.1) is 11.3 Å². The number of rotatable bonds is 2. The van der Waals surface area contributed by atoms with Crippen LogP contribution < -0.4 is 0 Å². The molecule has 0 bridgehead atoms. The first-order valence-electron chi connectivity index (χ1n) is 13.9. The minimum Gasteiger partial charge on any atom is -0.458 e. The third kappa shape index (κ3) is 6.59. The fourth-order valence-corrected chi connectivity index (χ4v) is 5.48. The van der Waals surface area contributed by atoms with Gasteiger partial charge in [0, 0.05) is 21.8 Å². The highest BCUT2D eigenvalue weighted by atomic mass is 32.1. The van der Waals surface area contributed by atoms with Crippen molar-refractivity contribution in [3.8, 4) is 0 Å². The number of hydrogen-bond acceptors (Lipinski definition) is 8. The molecule has 0 amide bonds. The van der Waals surface area contributed by atoms with E-state index in [1.165, 1.54) is 0 Å². The summed E-state index contributed by atoms with van der Waals surface area (Å²) >= 11 is 1.05. The maximum Gasteiger partial charge on any atom is 0.309 e. The summed E-state index contributed by atoms with van der Waals surface area (Å²) in [6, 6.07) is 0. The van der Waals surface area contributed by atoms with Crippen LogP contribution in [0.1, 0.15) is 88.5 Å². The van der Waals surface area contributed by atoms with Crippen molar-refractivity contribution in [1.82, 2.24) is 4.98 Å². The fourth-order valence-electron chi connectivity index (χ4n) is 4.97. The van der Waals surface area contributed by atoms with Crippen LogP contribution in [0.15, 0.2) is 11.0 Å². The third-order valence-corrected chi connectivity index (χ3v) is 8.49. The second-order valence-electron chi connectivity index (χ2n) is 11.1. The maximum absolute atomic E-state index is 13.2. The Morgan fingerprint density at radius 3 is 2.66 bits per heavy atom. The van der Waals surface area contributed by atoms with Crippen LogP contribution in [-0.4, -0.2) is 57.0 Å². The third-order valence-electron chi connectivity index (χ3n) is 7.81. The number of aryl methyl sites for hydroxylation is 1. The summed E-state index contributed by atoms with van der Waals surface area (Å²) in [6.07, 6.45) is 1.03. The molecule has 0 spiro atoms. The predicted molar refractivity (Wildman–Crippen MR) is 136 cm³/mol. The van der Waals surface area contributed by atoms with E-state index in [9.17, 15) is 19.8 Å². The lowest BCUT2D eigenvalue weighted by atomic mass is 9.73. The van der Waals surface area contributed by atoms with E-state index in [0.717, 1.165) is 30.6 Å². The van der Waals surface area contributed by atoms with Crippen molar-refractivity contribution in [2.24, 2.45) is 17.3 Å². The number of aliphatic hydroxyl groups is 2. The molecule has 3 heterocycles. The van der Waals surface area contributed by atoms with Gasteiger partial charge in [0.15, 0.2) is 0 Å². The van der Waals surface area contributed by atoms with Gasteiger partial charge in [-0.1, -0.05) is 34.1 Å². The number of esters is 1. The monoisotopic (exact) mass is 510 g/mol. The van der Waals surface area contributed by atoms with Crippen LogP contribution in [0.2, 0.25) is 0 Å². The lowest BCUT2D eigenvalue weighted by Crippen LogP contribution is -2.45. The molecule has 3 rings (SSSR count). The Labute approximate surface area is 217 Å². The van der Waals surface area contributed by atoms with Crippen molar-refractivity contribution < 1.29 is 33.4 Å². The Morgan fingerprint density at radius 2 is 2.00 bits per heavy atom. The molecule has 196 valence electrons. The van der Waals surface area contributed by atoms with Crippen LogP contribution in [0, 0.1) is 24.1 Å². The minimum atomic E-state index is -2.30. The summed E-state index contributed by atoms with van der Waals surface area (Å²) in [7, 11) is 0. The molecule has 0 radical (unpaired) electrons. The second kappa shape index (κ2) is 10.8. The smallest absolute Gasteiger partial charge is 0.309 e. The van der Waals surface area contributed by atoms with E-state index in [4.69, 9.17) is 13.6 Å². The van der Waals surface area contributed by atoms with Gasteiger partial charge in [0.25, 0.3) is 0 Å². The van der Waals surface area contributed by atoms with E-state index in [-0.39, 0.29) is 34.8 Å². The lowest BCUT2D eigenvalue weighted by Gasteiger charge is -2.34. The summed E-state index contributed by atoms with van der Waals surface area (Å²) < 4.78 is 34.5. The van der Waals surface area contributed by atoms with Crippen LogP contribution in [-0.2, 0) is 19.1 Å². The summed E-state index contributed by atoms with van der Waals surface area (Å²) in [4.78, 5) is 30.4. The molecular weight excluding hydrogens is 466 g/mol. The molecule has 1 aromatic heterocycles. The first-order valence-corrected chi connectivity index (χ1v) is 13.3. The number of Topliss-reactive ketones (excluding diaryl/α,β-unsaturated/α-hetero) is 1. The van der Waals surface area contributed by atoms with Crippen LogP contribution in [0.3, 0.4) is 0 Å². The van der Waals surface area contributed by atoms with Crippen molar-refractivity contribution in [2.45, 2.75) is 111 Å². The highest BCUT2D eigenvalue weighted by Gasteiger charge is 2.53.